The minimum Gasteiger partial charge on any atom is -0.465 e. The molecule has 0 spiro atoms. The number of rotatable bonds is 4. The number of nitrogens with zero attached hydrogens (tertiary/aromatic N) is 2. The van der Waals surface area contributed by atoms with Crippen molar-refractivity contribution in [2.75, 3.05) is 6.61 Å². The number of aromatic nitrogens is 2. The molecule has 0 aliphatic carbocycles. The molecule has 0 radical (unpaired) electrons. The highest BCUT2D eigenvalue weighted by molar-refractivity contribution is 8.00. The van der Waals surface area contributed by atoms with Crippen molar-refractivity contribution < 1.29 is 9.53 Å². The topological polar surface area (TPSA) is 61.2 Å². The van der Waals surface area contributed by atoms with E-state index in [2.05, 4.69) is 4.98 Å². The molecule has 1 aliphatic heterocycles. The van der Waals surface area contributed by atoms with Crippen molar-refractivity contribution >= 4 is 40.2 Å². The van der Waals surface area contributed by atoms with Crippen LogP contribution in [0.2, 0.25) is 5.02 Å². The zero-order valence-electron chi connectivity index (χ0n) is 13.7. The van der Waals surface area contributed by atoms with Crippen molar-refractivity contribution in [3.63, 3.8) is 0 Å². The van der Waals surface area contributed by atoms with Crippen LogP contribution in [0.3, 0.4) is 0 Å². The second-order valence-corrected chi connectivity index (χ2v) is 7.53. The SMILES string of the molecule is O=C1OCC[C@H]1Sc1nc2ccccc2c(=O)n1Cc1ccccc1Cl. The standard InChI is InChI=1S/C19H15ClN2O3S/c20-14-7-3-1-5-12(14)11-22-17(23)13-6-2-4-8-15(13)21-19(22)26-16-9-10-25-18(16)24/h1-8,16H,9-11H2/t16-/m1/s1. The second-order valence-electron chi connectivity index (χ2n) is 5.96. The van der Waals surface area contributed by atoms with Gasteiger partial charge in [0.2, 0.25) is 0 Å². The fourth-order valence-corrected chi connectivity index (χ4v) is 4.14. The zero-order chi connectivity index (χ0) is 18.1. The Bertz CT molecular complexity index is 1050. The molecule has 4 rings (SSSR count). The first-order chi connectivity index (χ1) is 12.6. The van der Waals surface area contributed by atoms with Crippen molar-refractivity contribution in [3.05, 3.63) is 69.5 Å². The van der Waals surface area contributed by atoms with E-state index in [0.29, 0.717) is 40.7 Å². The maximum absolute atomic E-state index is 13.1. The largest absolute Gasteiger partial charge is 0.465 e. The van der Waals surface area contributed by atoms with E-state index in [1.165, 1.54) is 11.8 Å². The van der Waals surface area contributed by atoms with Crippen molar-refractivity contribution in [2.45, 2.75) is 23.4 Å². The number of ether oxygens (including phenoxy) is 1. The third kappa shape index (κ3) is 3.22. The van der Waals surface area contributed by atoms with Gasteiger partial charge >= 0.3 is 5.97 Å². The molecule has 2 aromatic carbocycles. The van der Waals surface area contributed by atoms with Gasteiger partial charge in [-0.2, -0.15) is 0 Å². The van der Waals surface area contributed by atoms with Crippen LogP contribution in [0.1, 0.15) is 12.0 Å². The van der Waals surface area contributed by atoms with Gasteiger partial charge in [-0.1, -0.05) is 53.7 Å². The maximum Gasteiger partial charge on any atom is 0.319 e. The highest BCUT2D eigenvalue weighted by Crippen LogP contribution is 2.29. The van der Waals surface area contributed by atoms with Crippen LogP contribution >= 0.6 is 23.4 Å². The molecule has 3 aromatic rings. The van der Waals surface area contributed by atoms with E-state index < -0.39 is 0 Å². The molecule has 2 heterocycles. The number of carbonyl (C=O) groups excluding carboxylic acids is 1. The van der Waals surface area contributed by atoms with Gasteiger partial charge in [0.05, 0.1) is 24.1 Å². The Balaban J connectivity index is 1.83. The van der Waals surface area contributed by atoms with E-state index in [1.807, 2.05) is 30.3 Å². The third-order valence-electron chi connectivity index (χ3n) is 4.25. The highest BCUT2D eigenvalue weighted by Gasteiger charge is 2.29. The molecule has 1 aliphatic rings. The van der Waals surface area contributed by atoms with E-state index in [-0.39, 0.29) is 16.8 Å². The van der Waals surface area contributed by atoms with E-state index in [9.17, 15) is 9.59 Å². The van der Waals surface area contributed by atoms with Gasteiger partial charge in [0.1, 0.15) is 5.25 Å². The number of cyclic esters (lactones) is 1. The molecule has 1 aromatic heterocycles. The first-order valence-electron chi connectivity index (χ1n) is 8.20. The molecule has 5 nitrogen and oxygen atoms in total. The Kier molecular flexibility index (Phi) is 4.70. The van der Waals surface area contributed by atoms with Crippen LogP contribution < -0.4 is 5.56 Å². The third-order valence-corrected chi connectivity index (χ3v) is 5.85. The van der Waals surface area contributed by atoms with Crippen LogP contribution in [0.15, 0.2) is 58.5 Å². The lowest BCUT2D eigenvalue weighted by atomic mass is 10.2. The van der Waals surface area contributed by atoms with Crippen molar-refractivity contribution in [1.82, 2.24) is 9.55 Å². The smallest absolute Gasteiger partial charge is 0.319 e. The number of para-hydroxylation sites is 1. The number of esters is 1. The van der Waals surface area contributed by atoms with Gasteiger partial charge in [-0.3, -0.25) is 14.2 Å². The van der Waals surface area contributed by atoms with Gasteiger partial charge in [-0.15, -0.1) is 0 Å². The Hall–Kier alpha value is -2.31. The molecule has 132 valence electrons. The van der Waals surface area contributed by atoms with Crippen molar-refractivity contribution in [3.8, 4) is 0 Å². The lowest BCUT2D eigenvalue weighted by molar-refractivity contribution is -0.137. The average molecular weight is 387 g/mol. The minimum atomic E-state index is -0.347. The number of benzene rings is 2. The van der Waals surface area contributed by atoms with E-state index >= 15 is 0 Å². The van der Waals surface area contributed by atoms with Gasteiger partial charge in [0.15, 0.2) is 5.16 Å². The molecule has 0 amide bonds. The molecule has 0 saturated carbocycles. The predicted molar refractivity (Wildman–Crippen MR) is 102 cm³/mol. The normalized spacial score (nSPS) is 16.8. The summed E-state index contributed by atoms with van der Waals surface area (Å²) in [6, 6.07) is 14.6. The maximum atomic E-state index is 13.1. The van der Waals surface area contributed by atoms with E-state index in [1.54, 1.807) is 22.8 Å². The van der Waals surface area contributed by atoms with Crippen LogP contribution in [0.25, 0.3) is 10.9 Å². The van der Waals surface area contributed by atoms with Gasteiger partial charge in [-0.05, 0) is 23.8 Å². The van der Waals surface area contributed by atoms with E-state index in [4.69, 9.17) is 16.3 Å². The van der Waals surface area contributed by atoms with Crippen molar-refractivity contribution in [2.24, 2.45) is 0 Å². The molecule has 26 heavy (non-hydrogen) atoms. The molecular formula is C19H15ClN2O3S. The molecule has 7 heteroatoms. The highest BCUT2D eigenvalue weighted by atomic mass is 35.5. The van der Waals surface area contributed by atoms with Gasteiger partial charge in [0, 0.05) is 11.4 Å². The Morgan fingerprint density at radius 1 is 1.15 bits per heavy atom. The summed E-state index contributed by atoms with van der Waals surface area (Å²) in [4.78, 5) is 29.6. The molecule has 1 fully saturated rings. The number of thioether (sulfide) groups is 1. The molecular weight excluding hydrogens is 372 g/mol. The average Bonchev–Trinajstić information content (AvgIpc) is 3.05. The first kappa shape index (κ1) is 17.1. The summed E-state index contributed by atoms with van der Waals surface area (Å²) in [6.45, 7) is 0.694. The summed E-state index contributed by atoms with van der Waals surface area (Å²) >= 11 is 7.55. The number of hydrogen-bond donors (Lipinski definition) is 0. The monoisotopic (exact) mass is 386 g/mol. The molecule has 0 bridgehead atoms. The second kappa shape index (κ2) is 7.13. The zero-order valence-corrected chi connectivity index (χ0v) is 15.3. The van der Waals surface area contributed by atoms with Crippen LogP contribution in [0.4, 0.5) is 0 Å². The number of fused-ring (bicyclic) bond motifs is 1. The van der Waals surface area contributed by atoms with Crippen LogP contribution in [0.5, 0.6) is 0 Å². The van der Waals surface area contributed by atoms with Crippen LogP contribution in [0, 0.1) is 0 Å². The predicted octanol–water partition coefficient (Wildman–Crippen LogP) is 3.51. The first-order valence-corrected chi connectivity index (χ1v) is 9.45. The Labute approximate surface area is 159 Å². The number of hydrogen-bond acceptors (Lipinski definition) is 5. The molecule has 1 saturated heterocycles. The Morgan fingerprint density at radius 2 is 1.92 bits per heavy atom. The summed E-state index contributed by atoms with van der Waals surface area (Å²) < 4.78 is 6.62. The summed E-state index contributed by atoms with van der Waals surface area (Å²) in [5, 5.41) is 1.28. The number of carbonyl (C=O) groups is 1. The van der Waals surface area contributed by atoms with Crippen molar-refractivity contribution in [1.29, 1.82) is 0 Å². The lowest BCUT2D eigenvalue weighted by Crippen LogP contribution is -2.25. The molecule has 0 unspecified atom stereocenters. The van der Waals surface area contributed by atoms with Gasteiger partial charge in [0.25, 0.3) is 5.56 Å². The lowest BCUT2D eigenvalue weighted by Gasteiger charge is -2.15. The fraction of sp³-hybridized carbons (Fsp3) is 0.211. The summed E-state index contributed by atoms with van der Waals surface area (Å²) in [7, 11) is 0. The minimum absolute atomic E-state index is 0.149. The van der Waals surface area contributed by atoms with Crippen LogP contribution in [-0.4, -0.2) is 27.4 Å². The molecule has 0 N–H and O–H groups in total. The quantitative estimate of drug-likeness (QED) is 0.507. The summed E-state index contributed by atoms with van der Waals surface area (Å²) in [6.07, 6.45) is 0.609. The van der Waals surface area contributed by atoms with Crippen LogP contribution in [-0.2, 0) is 16.1 Å². The molecule has 1 atom stereocenters. The summed E-state index contributed by atoms with van der Waals surface area (Å²) in [5.41, 5.74) is 1.29. The van der Waals surface area contributed by atoms with E-state index in [0.717, 1.165) is 5.56 Å². The van der Waals surface area contributed by atoms with Gasteiger partial charge < -0.3 is 4.74 Å². The van der Waals surface area contributed by atoms with Gasteiger partial charge in [-0.25, -0.2) is 4.98 Å². The number of halogens is 1. The Morgan fingerprint density at radius 3 is 2.69 bits per heavy atom. The fourth-order valence-electron chi connectivity index (χ4n) is 2.89. The summed E-state index contributed by atoms with van der Waals surface area (Å²) in [5.74, 6) is -0.262.